The molecule has 1 aliphatic heterocycles. The molecule has 0 bridgehead atoms. The van der Waals surface area contributed by atoms with Gasteiger partial charge in [0.25, 0.3) is 0 Å². The lowest BCUT2D eigenvalue weighted by molar-refractivity contribution is 0.541. The third-order valence-electron chi connectivity index (χ3n) is 3.25. The standard InChI is InChI=1S/C12H22N4O2S2/c1-3-13-7-11-12(9(2)14-15-11)20(17,18)16-10-5-4-6-19-8-10/h10,13,16H,3-8H2,1-2H3,(H,14,15). The van der Waals surface area contributed by atoms with Crippen LogP contribution in [0.25, 0.3) is 0 Å². The van der Waals surface area contributed by atoms with Gasteiger partial charge in [-0.1, -0.05) is 6.92 Å². The van der Waals surface area contributed by atoms with Crippen LogP contribution in [0, 0.1) is 6.92 Å². The van der Waals surface area contributed by atoms with Crippen LogP contribution in [0.2, 0.25) is 0 Å². The van der Waals surface area contributed by atoms with E-state index in [0.717, 1.165) is 30.9 Å². The van der Waals surface area contributed by atoms with Crippen molar-refractivity contribution in [2.75, 3.05) is 18.1 Å². The molecule has 1 saturated heterocycles. The molecule has 1 atom stereocenters. The zero-order chi connectivity index (χ0) is 14.6. The fourth-order valence-corrected chi connectivity index (χ4v) is 5.11. The number of nitrogens with zero attached hydrogens (tertiary/aromatic N) is 1. The highest BCUT2D eigenvalue weighted by molar-refractivity contribution is 7.99. The Balaban J connectivity index is 2.17. The lowest BCUT2D eigenvalue weighted by Gasteiger charge is -2.22. The molecule has 1 aromatic rings. The number of aromatic amines is 1. The molecule has 1 fully saturated rings. The highest BCUT2D eigenvalue weighted by Crippen LogP contribution is 2.22. The largest absolute Gasteiger partial charge is 0.311 e. The SMILES string of the molecule is CCNCc1n[nH]c(C)c1S(=O)(=O)NC1CCCSC1. The second-order valence-electron chi connectivity index (χ2n) is 4.94. The highest BCUT2D eigenvalue weighted by Gasteiger charge is 2.27. The molecule has 0 saturated carbocycles. The van der Waals surface area contributed by atoms with E-state index in [4.69, 9.17) is 0 Å². The molecule has 2 heterocycles. The molecule has 0 amide bonds. The maximum absolute atomic E-state index is 12.6. The monoisotopic (exact) mass is 318 g/mol. The Kier molecular flexibility index (Phi) is 5.48. The topological polar surface area (TPSA) is 86.9 Å². The minimum Gasteiger partial charge on any atom is -0.311 e. The highest BCUT2D eigenvalue weighted by atomic mass is 32.2. The molecule has 0 spiro atoms. The van der Waals surface area contributed by atoms with E-state index in [-0.39, 0.29) is 6.04 Å². The Labute approximate surface area is 124 Å². The molecule has 0 aromatic carbocycles. The van der Waals surface area contributed by atoms with Crippen molar-refractivity contribution < 1.29 is 8.42 Å². The molecular formula is C12H22N4O2S2. The Morgan fingerprint density at radius 1 is 1.50 bits per heavy atom. The summed E-state index contributed by atoms with van der Waals surface area (Å²) in [6, 6.07) is 0.0278. The zero-order valence-electron chi connectivity index (χ0n) is 11.9. The van der Waals surface area contributed by atoms with Crippen molar-refractivity contribution in [3.05, 3.63) is 11.4 Å². The van der Waals surface area contributed by atoms with Gasteiger partial charge >= 0.3 is 0 Å². The van der Waals surface area contributed by atoms with Crippen LogP contribution in [0.1, 0.15) is 31.2 Å². The van der Waals surface area contributed by atoms with E-state index >= 15 is 0 Å². The Hall–Kier alpha value is -0.570. The minimum atomic E-state index is -3.51. The first-order valence-corrected chi connectivity index (χ1v) is 9.53. The van der Waals surface area contributed by atoms with E-state index in [1.165, 1.54) is 0 Å². The van der Waals surface area contributed by atoms with Crippen molar-refractivity contribution >= 4 is 21.8 Å². The van der Waals surface area contributed by atoms with Gasteiger partial charge in [-0.2, -0.15) is 16.9 Å². The van der Waals surface area contributed by atoms with Crippen LogP contribution in [0.4, 0.5) is 0 Å². The molecule has 1 aromatic heterocycles. The predicted octanol–water partition coefficient (Wildman–Crippen LogP) is 1.00. The summed E-state index contributed by atoms with van der Waals surface area (Å²) in [4.78, 5) is 0.300. The second-order valence-corrected chi connectivity index (χ2v) is 7.74. The quantitative estimate of drug-likeness (QED) is 0.728. The van der Waals surface area contributed by atoms with Crippen LogP contribution in [0.15, 0.2) is 4.90 Å². The number of sulfonamides is 1. The van der Waals surface area contributed by atoms with Crippen LogP contribution in [0.3, 0.4) is 0 Å². The lowest BCUT2D eigenvalue weighted by Crippen LogP contribution is -2.38. The van der Waals surface area contributed by atoms with Crippen LogP contribution < -0.4 is 10.0 Å². The van der Waals surface area contributed by atoms with Crippen LogP contribution in [0.5, 0.6) is 0 Å². The maximum atomic E-state index is 12.6. The summed E-state index contributed by atoms with van der Waals surface area (Å²) in [5, 5.41) is 9.99. The number of aromatic nitrogens is 2. The van der Waals surface area contributed by atoms with E-state index in [1.807, 2.05) is 6.92 Å². The average Bonchev–Trinajstić information content (AvgIpc) is 2.79. The third-order valence-corrected chi connectivity index (χ3v) is 6.19. The molecule has 1 unspecified atom stereocenters. The van der Waals surface area contributed by atoms with Crippen LogP contribution in [-0.4, -0.2) is 42.7 Å². The molecule has 2 rings (SSSR count). The van der Waals surface area contributed by atoms with Crippen LogP contribution >= 0.6 is 11.8 Å². The van der Waals surface area contributed by atoms with Gasteiger partial charge < -0.3 is 5.32 Å². The summed E-state index contributed by atoms with van der Waals surface area (Å²) in [6.45, 7) is 4.95. The van der Waals surface area contributed by atoms with Gasteiger partial charge in [0.1, 0.15) is 4.90 Å². The third kappa shape index (κ3) is 3.75. The summed E-state index contributed by atoms with van der Waals surface area (Å²) in [5.74, 6) is 1.97. The summed E-state index contributed by atoms with van der Waals surface area (Å²) < 4.78 is 27.9. The fraction of sp³-hybridized carbons (Fsp3) is 0.750. The minimum absolute atomic E-state index is 0.0278. The first kappa shape index (κ1) is 15.8. The maximum Gasteiger partial charge on any atom is 0.244 e. The molecular weight excluding hydrogens is 296 g/mol. The van der Waals surface area contributed by atoms with Gasteiger partial charge in [-0.05, 0) is 32.1 Å². The first-order valence-electron chi connectivity index (χ1n) is 6.89. The second kappa shape index (κ2) is 6.93. The van der Waals surface area contributed by atoms with Gasteiger partial charge in [0, 0.05) is 18.3 Å². The van der Waals surface area contributed by atoms with Crippen molar-refractivity contribution in [1.29, 1.82) is 0 Å². The van der Waals surface area contributed by atoms with E-state index in [9.17, 15) is 8.42 Å². The Bertz CT molecular complexity index is 536. The predicted molar refractivity (Wildman–Crippen MR) is 81.4 cm³/mol. The summed E-state index contributed by atoms with van der Waals surface area (Å²) >= 11 is 1.80. The number of hydrogen-bond acceptors (Lipinski definition) is 5. The van der Waals surface area contributed by atoms with Gasteiger partial charge in [0.05, 0.1) is 11.4 Å². The van der Waals surface area contributed by atoms with Gasteiger partial charge in [-0.15, -0.1) is 0 Å². The fourth-order valence-electron chi connectivity index (χ4n) is 2.30. The van der Waals surface area contributed by atoms with Crippen molar-refractivity contribution in [1.82, 2.24) is 20.2 Å². The number of thioether (sulfide) groups is 1. The molecule has 1 aliphatic rings. The lowest BCUT2D eigenvalue weighted by atomic mass is 10.2. The van der Waals surface area contributed by atoms with Crippen molar-refractivity contribution in [2.45, 2.75) is 44.2 Å². The van der Waals surface area contributed by atoms with Crippen molar-refractivity contribution in [2.24, 2.45) is 0 Å². The van der Waals surface area contributed by atoms with Crippen molar-refractivity contribution in [3.63, 3.8) is 0 Å². The van der Waals surface area contributed by atoms with Gasteiger partial charge in [-0.3, -0.25) is 5.10 Å². The van der Waals surface area contributed by atoms with E-state index in [1.54, 1.807) is 18.7 Å². The number of nitrogens with one attached hydrogen (secondary N) is 3. The van der Waals surface area contributed by atoms with E-state index in [0.29, 0.717) is 22.8 Å². The van der Waals surface area contributed by atoms with E-state index < -0.39 is 10.0 Å². The number of hydrogen-bond donors (Lipinski definition) is 3. The van der Waals surface area contributed by atoms with Crippen molar-refractivity contribution in [3.8, 4) is 0 Å². The van der Waals surface area contributed by atoms with Gasteiger partial charge in [0.15, 0.2) is 0 Å². The van der Waals surface area contributed by atoms with Gasteiger partial charge in [-0.25, -0.2) is 13.1 Å². The van der Waals surface area contributed by atoms with E-state index in [2.05, 4.69) is 20.2 Å². The summed E-state index contributed by atoms with van der Waals surface area (Å²) in [5.41, 5.74) is 1.15. The number of H-pyrrole nitrogens is 1. The molecule has 0 aliphatic carbocycles. The Morgan fingerprint density at radius 2 is 2.30 bits per heavy atom. The number of aryl methyl sites for hydroxylation is 1. The zero-order valence-corrected chi connectivity index (χ0v) is 13.5. The first-order chi connectivity index (χ1) is 9.54. The molecule has 0 radical (unpaired) electrons. The summed E-state index contributed by atoms with van der Waals surface area (Å²) in [7, 11) is -3.51. The van der Waals surface area contributed by atoms with Crippen LogP contribution in [-0.2, 0) is 16.6 Å². The summed E-state index contributed by atoms with van der Waals surface area (Å²) in [6.07, 6.45) is 1.97. The molecule has 6 nitrogen and oxygen atoms in total. The Morgan fingerprint density at radius 3 is 2.95 bits per heavy atom. The average molecular weight is 318 g/mol. The molecule has 20 heavy (non-hydrogen) atoms. The number of rotatable bonds is 6. The molecule has 3 N–H and O–H groups in total. The smallest absolute Gasteiger partial charge is 0.244 e. The van der Waals surface area contributed by atoms with Gasteiger partial charge in [0.2, 0.25) is 10.0 Å². The normalized spacial score (nSPS) is 20.2. The molecule has 8 heteroatoms. The molecule has 114 valence electrons.